The quantitative estimate of drug-likeness (QED) is 0.540. The van der Waals surface area contributed by atoms with E-state index in [0.717, 1.165) is 5.56 Å². The number of aliphatic hydroxyl groups is 1. The van der Waals surface area contributed by atoms with E-state index in [1.54, 1.807) is 18.4 Å². The van der Waals surface area contributed by atoms with Gasteiger partial charge in [0.05, 0.1) is 6.61 Å². The largest absolute Gasteiger partial charge is 0.455 e. The average Bonchev–Trinajstić information content (AvgIpc) is 2.64. The molecule has 2 rings (SSSR count). The van der Waals surface area contributed by atoms with Gasteiger partial charge in [-0.25, -0.2) is 0 Å². The molecule has 0 bridgehead atoms. The number of carbonyl (C=O) groups excluding carboxylic acids is 3. The van der Waals surface area contributed by atoms with Gasteiger partial charge in [0.25, 0.3) is 0 Å². The Kier molecular flexibility index (Phi) is 8.06. The van der Waals surface area contributed by atoms with E-state index < -0.39 is 47.8 Å². The maximum atomic E-state index is 11.8. The third-order valence-electron chi connectivity index (χ3n) is 4.51. The van der Waals surface area contributed by atoms with Gasteiger partial charge in [0.15, 0.2) is 18.3 Å². The molecule has 0 amide bonds. The van der Waals surface area contributed by atoms with Crippen molar-refractivity contribution in [2.75, 3.05) is 6.26 Å². The number of benzene rings is 1. The molecule has 1 heterocycles. The van der Waals surface area contributed by atoms with E-state index >= 15 is 0 Å². The summed E-state index contributed by atoms with van der Waals surface area (Å²) in [4.78, 5) is 35.2. The van der Waals surface area contributed by atoms with Gasteiger partial charge in [-0.15, -0.1) is 11.8 Å². The van der Waals surface area contributed by atoms with Gasteiger partial charge in [0, 0.05) is 20.8 Å². The van der Waals surface area contributed by atoms with Crippen LogP contribution < -0.4 is 0 Å². The van der Waals surface area contributed by atoms with E-state index in [2.05, 4.69) is 0 Å². The summed E-state index contributed by atoms with van der Waals surface area (Å²) in [6.45, 7) is 5.40. The first-order valence-electron chi connectivity index (χ1n) is 9.08. The molecular weight excluding hydrogens is 400 g/mol. The Hall–Kier alpha value is -2.10. The summed E-state index contributed by atoms with van der Waals surface area (Å²) in [5.41, 5.74) is 1.56. The summed E-state index contributed by atoms with van der Waals surface area (Å²) in [6, 6.07) is 5.37. The van der Waals surface area contributed by atoms with Crippen LogP contribution in [0, 0.1) is 6.92 Å². The van der Waals surface area contributed by atoms with Crippen molar-refractivity contribution in [3.63, 3.8) is 0 Å². The van der Waals surface area contributed by atoms with Crippen molar-refractivity contribution in [1.82, 2.24) is 0 Å². The van der Waals surface area contributed by atoms with Gasteiger partial charge in [-0.05, 0) is 29.9 Å². The Labute approximate surface area is 173 Å². The lowest BCUT2D eigenvalue weighted by atomic mass is 9.92. The van der Waals surface area contributed by atoms with Gasteiger partial charge in [0.2, 0.25) is 0 Å². The number of thioether (sulfide) groups is 1. The van der Waals surface area contributed by atoms with Crippen molar-refractivity contribution in [2.45, 2.75) is 64.2 Å². The van der Waals surface area contributed by atoms with Crippen LogP contribution in [-0.2, 0) is 39.9 Å². The second-order valence-corrected chi connectivity index (χ2v) is 7.66. The smallest absolute Gasteiger partial charge is 0.303 e. The normalized spacial score (nSPS) is 26.5. The zero-order chi connectivity index (χ0) is 21.7. The summed E-state index contributed by atoms with van der Waals surface area (Å²) in [6.07, 6.45) is -2.09. The van der Waals surface area contributed by atoms with Crippen LogP contribution in [0.15, 0.2) is 18.2 Å². The number of rotatable bonds is 6. The molecule has 1 N–H and O–H groups in total. The summed E-state index contributed by atoms with van der Waals surface area (Å²) < 4.78 is 22.4. The van der Waals surface area contributed by atoms with Crippen molar-refractivity contribution < 1.29 is 38.4 Å². The minimum Gasteiger partial charge on any atom is -0.455 e. The molecule has 0 spiro atoms. The zero-order valence-electron chi connectivity index (χ0n) is 17.0. The lowest BCUT2D eigenvalue weighted by Gasteiger charge is -2.44. The number of carbonyl (C=O) groups is 3. The molecule has 0 unspecified atom stereocenters. The highest BCUT2D eigenvalue weighted by molar-refractivity contribution is 7.99. The molecule has 1 aliphatic heterocycles. The highest BCUT2D eigenvalue weighted by Gasteiger charge is 2.52. The molecule has 1 aromatic carbocycles. The number of aryl methyl sites for hydroxylation is 1. The van der Waals surface area contributed by atoms with Gasteiger partial charge >= 0.3 is 17.9 Å². The lowest BCUT2D eigenvalue weighted by molar-refractivity contribution is -0.233. The van der Waals surface area contributed by atoms with E-state index in [4.69, 9.17) is 18.9 Å². The predicted octanol–water partition coefficient (Wildman–Crippen LogP) is 2.04. The van der Waals surface area contributed by atoms with Gasteiger partial charge in [0.1, 0.15) is 11.5 Å². The Morgan fingerprint density at radius 2 is 1.55 bits per heavy atom. The molecule has 1 fully saturated rings. The van der Waals surface area contributed by atoms with Crippen LogP contribution >= 0.6 is 11.8 Å². The molecule has 1 aliphatic rings. The molecule has 160 valence electrons. The predicted molar refractivity (Wildman–Crippen MR) is 105 cm³/mol. The average molecular weight is 426 g/mol. The standard InChI is InChI=1S/C20H26O8S/c1-10-6-7-14(8-15(10)9-21)16-17(25-11(2)22)18(26-12(3)23)19(27-13(4)24)20(28-16)29-5/h6-8,16-21H,9H2,1-5H3/t16-,17-,18+,19-,20+/m0/s1. The molecule has 0 saturated carbocycles. The number of ether oxygens (including phenoxy) is 4. The molecule has 0 aromatic heterocycles. The van der Waals surface area contributed by atoms with Gasteiger partial charge in [-0.3, -0.25) is 14.4 Å². The number of esters is 3. The topological polar surface area (TPSA) is 108 Å². The minimum atomic E-state index is -1.06. The number of hydrogen-bond acceptors (Lipinski definition) is 9. The highest BCUT2D eigenvalue weighted by atomic mass is 32.2. The lowest BCUT2D eigenvalue weighted by Crippen LogP contribution is -2.57. The third-order valence-corrected chi connectivity index (χ3v) is 5.35. The summed E-state index contributed by atoms with van der Waals surface area (Å²) >= 11 is 1.28. The highest BCUT2D eigenvalue weighted by Crippen LogP contribution is 2.40. The van der Waals surface area contributed by atoms with E-state index in [9.17, 15) is 19.5 Å². The van der Waals surface area contributed by atoms with Crippen LogP contribution in [0.25, 0.3) is 0 Å². The molecule has 8 nitrogen and oxygen atoms in total. The van der Waals surface area contributed by atoms with Crippen LogP contribution in [0.3, 0.4) is 0 Å². The van der Waals surface area contributed by atoms with Gasteiger partial charge in [-0.2, -0.15) is 0 Å². The summed E-state index contributed by atoms with van der Waals surface area (Å²) in [7, 11) is 0. The third kappa shape index (κ3) is 5.71. The fourth-order valence-electron chi connectivity index (χ4n) is 3.27. The first kappa shape index (κ1) is 23.2. The van der Waals surface area contributed by atoms with E-state index in [1.165, 1.54) is 32.5 Å². The molecule has 9 heteroatoms. The molecule has 5 atom stereocenters. The van der Waals surface area contributed by atoms with E-state index in [-0.39, 0.29) is 6.61 Å². The van der Waals surface area contributed by atoms with E-state index in [0.29, 0.717) is 11.1 Å². The summed E-state index contributed by atoms with van der Waals surface area (Å²) in [5, 5.41) is 9.61. The first-order valence-corrected chi connectivity index (χ1v) is 10.4. The maximum absolute atomic E-state index is 11.8. The SMILES string of the molecule is CS[C@H]1O[C@@H](c2ccc(C)c(CO)c2)[C@H](OC(C)=O)[C@@H](OC(C)=O)[C@@H]1OC(C)=O. The van der Waals surface area contributed by atoms with Crippen LogP contribution in [0.2, 0.25) is 0 Å². The molecule has 1 saturated heterocycles. The zero-order valence-corrected chi connectivity index (χ0v) is 17.9. The van der Waals surface area contributed by atoms with Crippen LogP contribution in [-0.4, -0.2) is 53.0 Å². The van der Waals surface area contributed by atoms with Crippen LogP contribution in [0.4, 0.5) is 0 Å². The Balaban J connectivity index is 2.54. The Morgan fingerprint density at radius 3 is 2.07 bits per heavy atom. The monoisotopic (exact) mass is 426 g/mol. The molecular formula is C20H26O8S. The molecule has 1 aromatic rings. The van der Waals surface area contributed by atoms with Crippen molar-refractivity contribution in [3.05, 3.63) is 34.9 Å². The van der Waals surface area contributed by atoms with Crippen LogP contribution in [0.1, 0.15) is 43.6 Å². The van der Waals surface area contributed by atoms with Crippen molar-refractivity contribution in [3.8, 4) is 0 Å². The number of aliphatic hydroxyl groups excluding tert-OH is 1. The Bertz CT molecular complexity index is 765. The van der Waals surface area contributed by atoms with Crippen molar-refractivity contribution in [2.24, 2.45) is 0 Å². The van der Waals surface area contributed by atoms with Gasteiger partial charge < -0.3 is 24.1 Å². The Morgan fingerprint density at radius 1 is 1.00 bits per heavy atom. The molecule has 0 aliphatic carbocycles. The summed E-state index contributed by atoms with van der Waals surface area (Å²) in [5.74, 6) is -1.78. The second-order valence-electron chi connectivity index (χ2n) is 6.73. The van der Waals surface area contributed by atoms with Crippen LogP contribution in [0.5, 0.6) is 0 Å². The molecule has 0 radical (unpaired) electrons. The fraction of sp³-hybridized carbons (Fsp3) is 0.550. The van der Waals surface area contributed by atoms with E-state index in [1.807, 2.05) is 13.0 Å². The van der Waals surface area contributed by atoms with Crippen molar-refractivity contribution in [1.29, 1.82) is 0 Å². The second kappa shape index (κ2) is 10.1. The minimum absolute atomic E-state index is 0.167. The first-order chi connectivity index (χ1) is 13.7. The van der Waals surface area contributed by atoms with Gasteiger partial charge in [-0.1, -0.05) is 18.2 Å². The number of hydrogen-bond donors (Lipinski definition) is 1. The molecule has 29 heavy (non-hydrogen) atoms. The maximum Gasteiger partial charge on any atom is 0.303 e. The fourth-order valence-corrected chi connectivity index (χ4v) is 3.98. The van der Waals surface area contributed by atoms with Crippen molar-refractivity contribution >= 4 is 29.7 Å².